The molecule has 0 bridgehead atoms. The predicted octanol–water partition coefficient (Wildman–Crippen LogP) is 2.65. The molecule has 2 aliphatic heterocycles. The van der Waals surface area contributed by atoms with Gasteiger partial charge in [0.1, 0.15) is 6.04 Å². The Morgan fingerprint density at radius 2 is 2.12 bits per heavy atom. The van der Waals surface area contributed by atoms with Crippen LogP contribution in [0.15, 0.2) is 0 Å². The molecule has 2 heterocycles. The summed E-state index contributed by atoms with van der Waals surface area (Å²) in [6.45, 7) is 5.86. The Kier molecular flexibility index (Phi) is 6.67. The third-order valence-electron chi connectivity index (χ3n) is 6.18. The maximum Gasteiger partial charge on any atom is 0.243 e. The maximum atomic E-state index is 12.9. The molecule has 0 spiro atoms. The molecule has 2 saturated heterocycles. The maximum absolute atomic E-state index is 12.9. The van der Waals surface area contributed by atoms with Crippen molar-refractivity contribution in [2.45, 2.75) is 64.5 Å². The van der Waals surface area contributed by atoms with Crippen LogP contribution >= 0.6 is 11.8 Å². The Hall–Kier alpha value is -0.750. The van der Waals surface area contributed by atoms with E-state index in [1.807, 2.05) is 11.8 Å². The summed E-state index contributed by atoms with van der Waals surface area (Å²) < 4.78 is 5.60. The first-order valence-electron chi connectivity index (χ1n) is 9.83. The number of ether oxygens (including phenoxy) is 1. The fraction of sp³-hybridized carbons (Fsp3) is 0.895. The largest absolute Gasteiger partial charge is 0.381 e. The van der Waals surface area contributed by atoms with Gasteiger partial charge in [0.15, 0.2) is 0 Å². The lowest BCUT2D eigenvalue weighted by Crippen LogP contribution is -2.49. The van der Waals surface area contributed by atoms with Gasteiger partial charge in [0.25, 0.3) is 0 Å². The summed E-state index contributed by atoms with van der Waals surface area (Å²) in [6, 6.07) is -0.121. The number of thioether (sulfide) groups is 1. The third kappa shape index (κ3) is 4.70. The molecular weight excluding hydrogens is 336 g/mol. The van der Waals surface area contributed by atoms with E-state index in [4.69, 9.17) is 4.74 Å². The SMILES string of the molecule is CCC(C)NC(=O)C1CSCN1C(=O)CC1CCC2COCCC2C1. The van der Waals surface area contributed by atoms with Crippen molar-refractivity contribution in [1.82, 2.24) is 10.2 Å². The van der Waals surface area contributed by atoms with Gasteiger partial charge in [-0.1, -0.05) is 6.92 Å². The highest BCUT2D eigenvalue weighted by atomic mass is 32.2. The minimum absolute atomic E-state index is 0.0147. The van der Waals surface area contributed by atoms with Gasteiger partial charge in [0.2, 0.25) is 11.8 Å². The van der Waals surface area contributed by atoms with E-state index in [1.165, 1.54) is 6.42 Å². The number of carbonyl (C=O) groups excluding carboxylic acids is 2. The van der Waals surface area contributed by atoms with Gasteiger partial charge in [0, 0.05) is 31.4 Å². The van der Waals surface area contributed by atoms with Crippen LogP contribution in [0.5, 0.6) is 0 Å². The van der Waals surface area contributed by atoms with Crippen LogP contribution in [0.2, 0.25) is 0 Å². The van der Waals surface area contributed by atoms with Gasteiger partial charge >= 0.3 is 0 Å². The van der Waals surface area contributed by atoms with Crippen molar-refractivity contribution in [3.8, 4) is 0 Å². The lowest BCUT2D eigenvalue weighted by atomic mass is 9.71. The van der Waals surface area contributed by atoms with Crippen LogP contribution in [0.3, 0.4) is 0 Å². The van der Waals surface area contributed by atoms with Crippen LogP contribution in [0.4, 0.5) is 0 Å². The molecule has 5 nitrogen and oxygen atoms in total. The molecule has 142 valence electrons. The number of rotatable bonds is 5. The Morgan fingerprint density at radius 3 is 2.92 bits per heavy atom. The van der Waals surface area contributed by atoms with E-state index in [2.05, 4.69) is 12.2 Å². The molecule has 1 aliphatic carbocycles. The first-order valence-corrected chi connectivity index (χ1v) is 11.0. The Balaban J connectivity index is 1.52. The van der Waals surface area contributed by atoms with Crippen molar-refractivity contribution in [3.63, 3.8) is 0 Å². The first kappa shape index (κ1) is 19.0. The second-order valence-corrected chi connectivity index (χ2v) is 8.96. The molecule has 25 heavy (non-hydrogen) atoms. The lowest BCUT2D eigenvalue weighted by molar-refractivity contribution is -0.139. The van der Waals surface area contributed by atoms with Crippen LogP contribution in [0.1, 0.15) is 52.4 Å². The average Bonchev–Trinajstić information content (AvgIpc) is 3.11. The third-order valence-corrected chi connectivity index (χ3v) is 7.20. The number of hydrogen-bond donors (Lipinski definition) is 1. The minimum atomic E-state index is -0.286. The first-order chi connectivity index (χ1) is 12.1. The fourth-order valence-corrected chi connectivity index (χ4v) is 5.54. The van der Waals surface area contributed by atoms with Crippen LogP contribution in [0.25, 0.3) is 0 Å². The van der Waals surface area contributed by atoms with Crippen molar-refractivity contribution in [3.05, 3.63) is 0 Å². The topological polar surface area (TPSA) is 58.6 Å². The zero-order valence-corrected chi connectivity index (χ0v) is 16.4. The molecule has 5 atom stereocenters. The monoisotopic (exact) mass is 368 g/mol. The Labute approximate surface area is 155 Å². The smallest absolute Gasteiger partial charge is 0.243 e. The normalized spacial score (nSPS) is 33.6. The zero-order chi connectivity index (χ0) is 17.8. The van der Waals surface area contributed by atoms with Gasteiger partial charge in [-0.25, -0.2) is 0 Å². The van der Waals surface area contributed by atoms with Gasteiger partial charge < -0.3 is 15.0 Å². The van der Waals surface area contributed by atoms with Gasteiger partial charge in [-0.15, -0.1) is 11.8 Å². The molecule has 6 heteroatoms. The summed E-state index contributed by atoms with van der Waals surface area (Å²) in [4.78, 5) is 27.1. The lowest BCUT2D eigenvalue weighted by Gasteiger charge is -2.39. The number of hydrogen-bond acceptors (Lipinski definition) is 4. The molecular formula is C19H32N2O3S. The van der Waals surface area contributed by atoms with E-state index >= 15 is 0 Å². The van der Waals surface area contributed by atoms with E-state index < -0.39 is 0 Å². The summed E-state index contributed by atoms with van der Waals surface area (Å²) in [7, 11) is 0. The molecule has 2 amide bonds. The Bertz CT molecular complexity index is 487. The van der Waals surface area contributed by atoms with E-state index in [-0.39, 0.29) is 23.9 Å². The summed E-state index contributed by atoms with van der Waals surface area (Å²) in [5, 5.41) is 3.04. The van der Waals surface area contributed by atoms with Gasteiger partial charge in [-0.05, 0) is 56.8 Å². The van der Waals surface area contributed by atoms with E-state index in [0.29, 0.717) is 24.1 Å². The van der Waals surface area contributed by atoms with E-state index in [0.717, 1.165) is 50.6 Å². The number of nitrogens with one attached hydrogen (secondary N) is 1. The highest BCUT2D eigenvalue weighted by Gasteiger charge is 2.38. The quantitative estimate of drug-likeness (QED) is 0.810. The van der Waals surface area contributed by atoms with Gasteiger partial charge in [-0.3, -0.25) is 9.59 Å². The van der Waals surface area contributed by atoms with Crippen molar-refractivity contribution in [2.75, 3.05) is 24.8 Å². The molecule has 1 saturated carbocycles. The average molecular weight is 369 g/mol. The zero-order valence-electron chi connectivity index (χ0n) is 15.5. The number of carbonyl (C=O) groups is 2. The minimum Gasteiger partial charge on any atom is -0.381 e. The summed E-state index contributed by atoms with van der Waals surface area (Å²) in [5.74, 6) is 3.49. The Morgan fingerprint density at radius 1 is 1.28 bits per heavy atom. The highest BCUT2D eigenvalue weighted by molar-refractivity contribution is 7.99. The van der Waals surface area contributed by atoms with E-state index in [9.17, 15) is 9.59 Å². The molecule has 3 rings (SSSR count). The van der Waals surface area contributed by atoms with Crippen LogP contribution in [-0.4, -0.2) is 53.6 Å². The van der Waals surface area contributed by atoms with Crippen LogP contribution in [-0.2, 0) is 14.3 Å². The highest BCUT2D eigenvalue weighted by Crippen LogP contribution is 2.40. The van der Waals surface area contributed by atoms with Crippen molar-refractivity contribution in [2.24, 2.45) is 17.8 Å². The second kappa shape index (κ2) is 8.76. The van der Waals surface area contributed by atoms with Crippen molar-refractivity contribution in [1.29, 1.82) is 0 Å². The van der Waals surface area contributed by atoms with Gasteiger partial charge in [0.05, 0.1) is 5.88 Å². The molecule has 5 unspecified atom stereocenters. The summed E-state index contributed by atoms with van der Waals surface area (Å²) >= 11 is 1.69. The fourth-order valence-electron chi connectivity index (χ4n) is 4.36. The molecule has 0 aromatic rings. The molecule has 0 radical (unpaired) electrons. The molecule has 0 aromatic heterocycles. The molecule has 3 aliphatic rings. The van der Waals surface area contributed by atoms with Crippen LogP contribution in [0, 0.1) is 17.8 Å². The number of nitrogens with zero attached hydrogens (tertiary/aromatic N) is 1. The van der Waals surface area contributed by atoms with Crippen molar-refractivity contribution >= 4 is 23.6 Å². The second-order valence-electron chi connectivity index (χ2n) is 7.96. The van der Waals surface area contributed by atoms with Crippen molar-refractivity contribution < 1.29 is 14.3 Å². The predicted molar refractivity (Wildman–Crippen MR) is 100 cm³/mol. The molecule has 1 N–H and O–H groups in total. The number of fused-ring (bicyclic) bond motifs is 1. The van der Waals surface area contributed by atoms with E-state index in [1.54, 1.807) is 11.8 Å². The molecule has 0 aromatic carbocycles. The standard InChI is InChI=1S/C19H32N2O3S/c1-3-13(2)20-19(23)17-11-25-12-21(17)18(22)9-14-4-5-16-10-24-7-6-15(16)8-14/h13-17H,3-12H2,1-2H3,(H,20,23). The van der Waals surface area contributed by atoms with Gasteiger partial charge in [-0.2, -0.15) is 0 Å². The number of amides is 2. The summed E-state index contributed by atoms with van der Waals surface area (Å²) in [6.07, 6.45) is 6.14. The summed E-state index contributed by atoms with van der Waals surface area (Å²) in [5.41, 5.74) is 0. The van der Waals surface area contributed by atoms with Crippen LogP contribution < -0.4 is 5.32 Å². The molecule has 3 fully saturated rings.